The Morgan fingerprint density at radius 2 is 2.29 bits per heavy atom. The summed E-state index contributed by atoms with van der Waals surface area (Å²) in [7, 11) is 0. The third kappa shape index (κ3) is 3.83. The molecule has 8 heteroatoms. The van der Waals surface area contributed by atoms with Crippen molar-refractivity contribution >= 4 is 23.2 Å². The first-order valence-electron chi connectivity index (χ1n) is 6.15. The third-order valence-electron chi connectivity index (χ3n) is 2.64. The number of carbonyl (C=O) groups is 2. The second-order valence-electron chi connectivity index (χ2n) is 4.38. The lowest BCUT2D eigenvalue weighted by Crippen LogP contribution is -2.24. The molecule has 7 nitrogen and oxygen atoms in total. The molecular formula is C13H14N4O3S. The van der Waals surface area contributed by atoms with Gasteiger partial charge in [0.05, 0.1) is 23.8 Å². The van der Waals surface area contributed by atoms with Gasteiger partial charge < -0.3 is 16.2 Å². The summed E-state index contributed by atoms with van der Waals surface area (Å²) in [5, 5.41) is 13.8. The molecule has 0 aliphatic rings. The molecule has 2 heterocycles. The standard InChI is InChI=1S/C13H14N4O3S/c1-7(14)12-17-10(6-21-12)11(18)16-5-9-4-8(13(19)20)2-3-15-9/h2-4,6-7H,5,14H2,1H3,(H,16,18)(H,19,20). The van der Waals surface area contributed by atoms with E-state index in [1.807, 2.05) is 0 Å². The summed E-state index contributed by atoms with van der Waals surface area (Å²) in [6.07, 6.45) is 1.39. The van der Waals surface area contributed by atoms with Gasteiger partial charge in [-0.1, -0.05) is 0 Å². The Morgan fingerprint density at radius 1 is 1.52 bits per heavy atom. The highest BCUT2D eigenvalue weighted by Crippen LogP contribution is 2.15. The summed E-state index contributed by atoms with van der Waals surface area (Å²) in [6.45, 7) is 1.92. The van der Waals surface area contributed by atoms with Gasteiger partial charge in [-0.2, -0.15) is 0 Å². The van der Waals surface area contributed by atoms with Crippen LogP contribution in [0, 0.1) is 0 Å². The second-order valence-corrected chi connectivity index (χ2v) is 5.27. The topological polar surface area (TPSA) is 118 Å². The van der Waals surface area contributed by atoms with Crippen LogP contribution in [0.25, 0.3) is 0 Å². The van der Waals surface area contributed by atoms with E-state index >= 15 is 0 Å². The fraction of sp³-hybridized carbons (Fsp3) is 0.231. The number of hydrogen-bond acceptors (Lipinski definition) is 6. The number of amides is 1. The molecule has 2 aromatic heterocycles. The molecule has 4 N–H and O–H groups in total. The number of pyridine rings is 1. The first-order valence-corrected chi connectivity index (χ1v) is 7.02. The van der Waals surface area contributed by atoms with Crippen LogP contribution >= 0.6 is 11.3 Å². The Labute approximate surface area is 124 Å². The number of nitrogens with one attached hydrogen (secondary N) is 1. The maximum Gasteiger partial charge on any atom is 0.335 e. The molecule has 0 aliphatic carbocycles. The fourth-order valence-electron chi connectivity index (χ4n) is 1.57. The Kier molecular flexibility index (Phi) is 4.61. The summed E-state index contributed by atoms with van der Waals surface area (Å²) in [5.41, 5.74) is 6.57. The van der Waals surface area contributed by atoms with Gasteiger partial charge in [-0.05, 0) is 19.1 Å². The molecule has 0 saturated heterocycles. The number of aromatic nitrogens is 2. The lowest BCUT2D eigenvalue weighted by atomic mass is 10.2. The minimum atomic E-state index is -1.04. The molecule has 0 aromatic carbocycles. The Balaban J connectivity index is 2.00. The van der Waals surface area contributed by atoms with Crippen molar-refractivity contribution in [3.05, 3.63) is 45.7 Å². The molecular weight excluding hydrogens is 292 g/mol. The third-order valence-corrected chi connectivity index (χ3v) is 3.68. The Bertz CT molecular complexity index is 669. The van der Waals surface area contributed by atoms with Gasteiger partial charge in [-0.15, -0.1) is 11.3 Å². The smallest absolute Gasteiger partial charge is 0.335 e. The SMILES string of the molecule is CC(N)c1nc(C(=O)NCc2cc(C(=O)O)ccn2)cs1. The van der Waals surface area contributed by atoms with E-state index < -0.39 is 5.97 Å². The highest BCUT2D eigenvalue weighted by Gasteiger charge is 2.13. The van der Waals surface area contributed by atoms with E-state index in [1.54, 1.807) is 12.3 Å². The van der Waals surface area contributed by atoms with Gasteiger partial charge in [0.15, 0.2) is 0 Å². The highest BCUT2D eigenvalue weighted by molar-refractivity contribution is 7.09. The van der Waals surface area contributed by atoms with Crippen molar-refractivity contribution in [1.29, 1.82) is 0 Å². The average molecular weight is 306 g/mol. The van der Waals surface area contributed by atoms with E-state index in [2.05, 4.69) is 15.3 Å². The van der Waals surface area contributed by atoms with Crippen molar-refractivity contribution in [3.63, 3.8) is 0 Å². The van der Waals surface area contributed by atoms with Crippen LogP contribution < -0.4 is 11.1 Å². The largest absolute Gasteiger partial charge is 0.478 e. The van der Waals surface area contributed by atoms with E-state index in [0.717, 1.165) is 0 Å². The fourth-order valence-corrected chi connectivity index (χ4v) is 2.33. The van der Waals surface area contributed by atoms with Gasteiger partial charge >= 0.3 is 5.97 Å². The summed E-state index contributed by atoms with van der Waals surface area (Å²) in [5.74, 6) is -1.38. The zero-order valence-electron chi connectivity index (χ0n) is 11.2. The number of carboxylic acid groups (broad SMARTS) is 1. The molecule has 2 rings (SSSR count). The van der Waals surface area contributed by atoms with Crippen LogP contribution in [0.4, 0.5) is 0 Å². The predicted molar refractivity (Wildman–Crippen MR) is 77.1 cm³/mol. The zero-order valence-corrected chi connectivity index (χ0v) is 12.1. The number of carbonyl (C=O) groups excluding carboxylic acids is 1. The molecule has 1 atom stereocenters. The number of rotatable bonds is 5. The van der Waals surface area contributed by atoms with Crippen LogP contribution in [0.3, 0.4) is 0 Å². The maximum atomic E-state index is 11.9. The number of nitrogens with zero attached hydrogens (tertiary/aromatic N) is 2. The van der Waals surface area contributed by atoms with E-state index in [-0.39, 0.29) is 24.1 Å². The van der Waals surface area contributed by atoms with Crippen molar-refractivity contribution in [1.82, 2.24) is 15.3 Å². The van der Waals surface area contributed by atoms with Crippen LogP contribution in [0.15, 0.2) is 23.7 Å². The van der Waals surface area contributed by atoms with Gasteiger partial charge in [0.1, 0.15) is 10.7 Å². The molecule has 0 spiro atoms. The molecule has 1 amide bonds. The molecule has 0 saturated carbocycles. The summed E-state index contributed by atoms with van der Waals surface area (Å²) >= 11 is 1.32. The van der Waals surface area contributed by atoms with Crippen molar-refractivity contribution in [2.24, 2.45) is 5.73 Å². The van der Waals surface area contributed by atoms with Crippen LogP contribution in [0.5, 0.6) is 0 Å². The van der Waals surface area contributed by atoms with Crippen LogP contribution in [0.1, 0.15) is 44.5 Å². The quantitative estimate of drug-likeness (QED) is 0.763. The van der Waals surface area contributed by atoms with Crippen molar-refractivity contribution in [2.45, 2.75) is 19.5 Å². The molecule has 21 heavy (non-hydrogen) atoms. The molecule has 0 radical (unpaired) electrons. The van der Waals surface area contributed by atoms with Crippen molar-refractivity contribution < 1.29 is 14.7 Å². The maximum absolute atomic E-state index is 11.9. The van der Waals surface area contributed by atoms with Crippen molar-refractivity contribution in [2.75, 3.05) is 0 Å². The number of thiazole rings is 1. The molecule has 2 aromatic rings. The highest BCUT2D eigenvalue weighted by atomic mass is 32.1. The monoisotopic (exact) mass is 306 g/mol. The van der Waals surface area contributed by atoms with Gasteiger partial charge in [0.2, 0.25) is 0 Å². The lowest BCUT2D eigenvalue weighted by molar-refractivity contribution is 0.0696. The summed E-state index contributed by atoms with van der Waals surface area (Å²) < 4.78 is 0. The molecule has 0 bridgehead atoms. The first-order chi connectivity index (χ1) is 9.97. The lowest BCUT2D eigenvalue weighted by Gasteiger charge is -2.04. The molecule has 0 fully saturated rings. The number of carboxylic acids is 1. The van der Waals surface area contributed by atoms with Crippen LogP contribution in [0.2, 0.25) is 0 Å². The van der Waals surface area contributed by atoms with Gasteiger partial charge in [0.25, 0.3) is 5.91 Å². The minimum absolute atomic E-state index is 0.127. The van der Waals surface area contributed by atoms with E-state index in [4.69, 9.17) is 10.8 Å². The van der Waals surface area contributed by atoms with Gasteiger partial charge in [0, 0.05) is 11.6 Å². The van der Waals surface area contributed by atoms with Crippen molar-refractivity contribution in [3.8, 4) is 0 Å². The summed E-state index contributed by atoms with van der Waals surface area (Å²) in [6, 6.07) is 2.59. The van der Waals surface area contributed by atoms with E-state index in [1.165, 1.54) is 29.7 Å². The van der Waals surface area contributed by atoms with Gasteiger partial charge in [-0.3, -0.25) is 9.78 Å². The number of nitrogens with two attached hydrogens (primary N) is 1. The molecule has 1 unspecified atom stereocenters. The van der Waals surface area contributed by atoms with E-state index in [0.29, 0.717) is 16.4 Å². The van der Waals surface area contributed by atoms with Gasteiger partial charge in [-0.25, -0.2) is 9.78 Å². The Morgan fingerprint density at radius 3 is 2.90 bits per heavy atom. The minimum Gasteiger partial charge on any atom is -0.478 e. The summed E-state index contributed by atoms with van der Waals surface area (Å²) in [4.78, 5) is 30.9. The molecule has 110 valence electrons. The second kappa shape index (κ2) is 6.42. The van der Waals surface area contributed by atoms with Crippen LogP contribution in [-0.2, 0) is 6.54 Å². The van der Waals surface area contributed by atoms with Crippen LogP contribution in [-0.4, -0.2) is 27.0 Å². The normalized spacial score (nSPS) is 11.9. The molecule has 0 aliphatic heterocycles. The van der Waals surface area contributed by atoms with E-state index in [9.17, 15) is 9.59 Å². The average Bonchev–Trinajstić information content (AvgIpc) is 2.95. The first kappa shape index (κ1) is 15.1. The zero-order chi connectivity index (χ0) is 15.4. The predicted octanol–water partition coefficient (Wildman–Crippen LogP) is 1.19. The Hall–Kier alpha value is -2.32. The number of aromatic carboxylic acids is 1. The number of hydrogen-bond donors (Lipinski definition) is 3.